The Bertz CT molecular complexity index is 1020. The van der Waals surface area contributed by atoms with Crippen LogP contribution >= 0.6 is 11.6 Å². The number of fused-ring (bicyclic) bond motifs is 1. The Morgan fingerprint density at radius 2 is 1.89 bits per heavy atom. The molecule has 0 fully saturated rings. The first-order valence-electron chi connectivity index (χ1n) is 8.42. The summed E-state index contributed by atoms with van der Waals surface area (Å²) in [5.74, 6) is -0.712. The molecule has 0 bridgehead atoms. The van der Waals surface area contributed by atoms with E-state index in [4.69, 9.17) is 11.6 Å². The van der Waals surface area contributed by atoms with Crippen molar-refractivity contribution in [2.45, 2.75) is 32.1 Å². The molecule has 8 heteroatoms. The summed E-state index contributed by atoms with van der Waals surface area (Å²) >= 11 is 5.68. The molecule has 5 nitrogen and oxygen atoms in total. The second-order valence-corrected chi connectivity index (χ2v) is 9.57. The van der Waals surface area contributed by atoms with E-state index in [9.17, 15) is 17.6 Å². The summed E-state index contributed by atoms with van der Waals surface area (Å²) in [6.07, 6.45) is 0.720. The number of halogens is 2. The highest BCUT2D eigenvalue weighted by atomic mass is 35.5. The maximum absolute atomic E-state index is 13.3. The normalized spacial score (nSPS) is 14.2. The quantitative estimate of drug-likeness (QED) is 0.823. The molecule has 1 N–H and O–H groups in total. The third-order valence-electron chi connectivity index (χ3n) is 4.32. The minimum absolute atomic E-state index is 0.0217. The van der Waals surface area contributed by atoms with Crippen LogP contribution in [0, 0.1) is 11.2 Å². The lowest BCUT2D eigenvalue weighted by Crippen LogP contribution is -2.38. The highest BCUT2D eigenvalue weighted by Crippen LogP contribution is 2.34. The first kappa shape index (κ1) is 19.6. The molecule has 0 saturated carbocycles. The smallest absolute Gasteiger partial charge is 0.261 e. The van der Waals surface area contributed by atoms with Gasteiger partial charge < -0.3 is 4.90 Å². The summed E-state index contributed by atoms with van der Waals surface area (Å²) in [7, 11) is -3.94. The van der Waals surface area contributed by atoms with Crippen molar-refractivity contribution in [3.63, 3.8) is 0 Å². The average molecular weight is 411 g/mol. The van der Waals surface area contributed by atoms with Gasteiger partial charge in [0, 0.05) is 17.6 Å². The van der Waals surface area contributed by atoms with Crippen molar-refractivity contribution in [1.82, 2.24) is 0 Å². The fourth-order valence-electron chi connectivity index (χ4n) is 2.92. The third-order valence-corrected chi connectivity index (χ3v) is 5.99. The van der Waals surface area contributed by atoms with E-state index in [1.54, 1.807) is 23.1 Å². The maximum atomic E-state index is 13.3. The molecule has 1 aliphatic heterocycles. The highest BCUT2D eigenvalue weighted by molar-refractivity contribution is 7.92. The lowest BCUT2D eigenvalue weighted by molar-refractivity contribution is -0.125. The third kappa shape index (κ3) is 3.94. The predicted octanol–water partition coefficient (Wildman–Crippen LogP) is 4.22. The van der Waals surface area contributed by atoms with Gasteiger partial charge >= 0.3 is 0 Å². The van der Waals surface area contributed by atoms with Gasteiger partial charge in [-0.25, -0.2) is 12.8 Å². The molecular weight excluding hydrogens is 391 g/mol. The SMILES string of the molecule is CC(C)(C)C(=O)N1CCc2ccc(NS(=O)(=O)c3ccc(F)c(Cl)c3)cc21. The molecular formula is C19H20ClFN2O3S. The Kier molecular flexibility index (Phi) is 4.94. The Hall–Kier alpha value is -2.12. The van der Waals surface area contributed by atoms with E-state index in [-0.39, 0.29) is 15.8 Å². The summed E-state index contributed by atoms with van der Waals surface area (Å²) in [6.45, 7) is 6.10. The predicted molar refractivity (Wildman–Crippen MR) is 104 cm³/mol. The van der Waals surface area contributed by atoms with E-state index in [1.165, 1.54) is 0 Å². The highest BCUT2D eigenvalue weighted by Gasteiger charge is 2.32. The van der Waals surface area contributed by atoms with Crippen molar-refractivity contribution < 1.29 is 17.6 Å². The summed E-state index contributed by atoms with van der Waals surface area (Å²) < 4.78 is 40.9. The largest absolute Gasteiger partial charge is 0.311 e. The number of carbonyl (C=O) groups is 1. The molecule has 0 aromatic heterocycles. The summed E-state index contributed by atoms with van der Waals surface area (Å²) in [5.41, 5.74) is 1.47. The number of sulfonamides is 1. The zero-order valence-electron chi connectivity index (χ0n) is 15.2. The fraction of sp³-hybridized carbons (Fsp3) is 0.316. The van der Waals surface area contributed by atoms with Gasteiger partial charge in [-0.05, 0) is 42.3 Å². The number of anilines is 2. The molecule has 3 rings (SSSR count). The second-order valence-electron chi connectivity index (χ2n) is 7.48. The number of hydrogen-bond donors (Lipinski definition) is 1. The van der Waals surface area contributed by atoms with Gasteiger partial charge in [-0.15, -0.1) is 0 Å². The van der Waals surface area contributed by atoms with Gasteiger partial charge in [0.15, 0.2) is 0 Å². The summed E-state index contributed by atoms with van der Waals surface area (Å²) in [4.78, 5) is 14.2. The van der Waals surface area contributed by atoms with Gasteiger partial charge in [-0.1, -0.05) is 38.4 Å². The molecule has 1 heterocycles. The van der Waals surface area contributed by atoms with Crippen LogP contribution in [-0.4, -0.2) is 20.9 Å². The molecule has 1 amide bonds. The molecule has 0 unspecified atom stereocenters. The number of carbonyl (C=O) groups excluding carboxylic acids is 1. The van der Waals surface area contributed by atoms with Crippen molar-refractivity contribution >= 4 is 38.9 Å². The number of amides is 1. The van der Waals surface area contributed by atoms with Gasteiger partial charge in [-0.2, -0.15) is 0 Å². The minimum Gasteiger partial charge on any atom is -0.311 e. The van der Waals surface area contributed by atoms with Crippen LogP contribution in [-0.2, 0) is 21.2 Å². The molecule has 2 aromatic rings. The van der Waals surface area contributed by atoms with Gasteiger partial charge in [0.25, 0.3) is 10.0 Å². The van der Waals surface area contributed by atoms with Crippen LogP contribution < -0.4 is 9.62 Å². The lowest BCUT2D eigenvalue weighted by Gasteiger charge is -2.26. The molecule has 1 aliphatic rings. The summed E-state index contributed by atoms with van der Waals surface area (Å²) in [5, 5.41) is -0.270. The Morgan fingerprint density at radius 3 is 2.52 bits per heavy atom. The second kappa shape index (κ2) is 6.80. The van der Waals surface area contributed by atoms with E-state index in [0.717, 1.165) is 30.2 Å². The first-order chi connectivity index (χ1) is 12.5. The van der Waals surface area contributed by atoms with Crippen molar-refractivity contribution in [3.05, 3.63) is 52.8 Å². The van der Waals surface area contributed by atoms with Crippen LogP contribution in [0.2, 0.25) is 5.02 Å². The van der Waals surface area contributed by atoms with Crippen molar-refractivity contribution in [2.24, 2.45) is 5.41 Å². The van der Waals surface area contributed by atoms with Crippen LogP contribution in [0.15, 0.2) is 41.3 Å². The molecule has 0 radical (unpaired) electrons. The van der Waals surface area contributed by atoms with Gasteiger partial charge in [0.1, 0.15) is 5.82 Å². The van der Waals surface area contributed by atoms with E-state index in [0.29, 0.717) is 17.9 Å². The van der Waals surface area contributed by atoms with Gasteiger partial charge in [0.2, 0.25) is 5.91 Å². The molecule has 144 valence electrons. The molecule has 2 aromatic carbocycles. The standard InChI is InChI=1S/C19H20ClFN2O3S/c1-19(2,3)18(24)23-9-8-12-4-5-13(10-17(12)23)22-27(25,26)14-6-7-16(21)15(20)11-14/h4-7,10-11,22H,8-9H2,1-3H3. The van der Waals surface area contributed by atoms with Crippen LogP contribution in [0.4, 0.5) is 15.8 Å². The van der Waals surface area contributed by atoms with Crippen LogP contribution in [0.5, 0.6) is 0 Å². The topological polar surface area (TPSA) is 66.5 Å². The van der Waals surface area contributed by atoms with Crippen LogP contribution in [0.1, 0.15) is 26.3 Å². The fourth-order valence-corrected chi connectivity index (χ4v) is 4.24. The zero-order chi connectivity index (χ0) is 20.0. The van der Waals surface area contributed by atoms with Crippen LogP contribution in [0.3, 0.4) is 0 Å². The van der Waals surface area contributed by atoms with E-state index in [1.807, 2.05) is 20.8 Å². The molecule has 27 heavy (non-hydrogen) atoms. The molecule has 0 spiro atoms. The van der Waals surface area contributed by atoms with E-state index < -0.39 is 21.3 Å². The Balaban J connectivity index is 1.91. The Labute approximate surface area is 163 Å². The van der Waals surface area contributed by atoms with E-state index in [2.05, 4.69) is 4.72 Å². The average Bonchev–Trinajstić information content (AvgIpc) is 2.98. The van der Waals surface area contributed by atoms with Crippen molar-refractivity contribution in [1.29, 1.82) is 0 Å². The monoisotopic (exact) mass is 410 g/mol. The van der Waals surface area contributed by atoms with Gasteiger partial charge in [-0.3, -0.25) is 9.52 Å². The molecule has 0 saturated heterocycles. The number of nitrogens with one attached hydrogen (secondary N) is 1. The number of hydrogen-bond acceptors (Lipinski definition) is 3. The number of nitrogens with zero attached hydrogens (tertiary/aromatic N) is 1. The minimum atomic E-state index is -3.94. The number of benzene rings is 2. The summed E-state index contributed by atoms with van der Waals surface area (Å²) in [6, 6.07) is 8.31. The van der Waals surface area contributed by atoms with Crippen molar-refractivity contribution in [2.75, 3.05) is 16.2 Å². The van der Waals surface area contributed by atoms with Gasteiger partial charge in [0.05, 0.1) is 15.6 Å². The lowest BCUT2D eigenvalue weighted by atomic mass is 9.94. The van der Waals surface area contributed by atoms with E-state index >= 15 is 0 Å². The zero-order valence-corrected chi connectivity index (χ0v) is 16.8. The van der Waals surface area contributed by atoms with Crippen LogP contribution in [0.25, 0.3) is 0 Å². The van der Waals surface area contributed by atoms with Crippen molar-refractivity contribution in [3.8, 4) is 0 Å². The molecule has 0 atom stereocenters. The maximum Gasteiger partial charge on any atom is 0.261 e. The first-order valence-corrected chi connectivity index (χ1v) is 10.3. The number of rotatable bonds is 3. The Morgan fingerprint density at radius 1 is 1.19 bits per heavy atom. The molecule has 0 aliphatic carbocycles.